The van der Waals surface area contributed by atoms with Gasteiger partial charge < -0.3 is 0 Å². The molecule has 0 bridgehead atoms. The molecule has 0 fully saturated rings. The second kappa shape index (κ2) is 5.45. The lowest BCUT2D eigenvalue weighted by atomic mass is 9.88. The fourth-order valence-corrected chi connectivity index (χ4v) is 3.26. The number of aryl methyl sites for hydroxylation is 1. The Morgan fingerprint density at radius 3 is 2.76 bits per heavy atom. The number of nitrogens with two attached hydrogens (primary N) is 1. The summed E-state index contributed by atoms with van der Waals surface area (Å²) in [5.74, 6) is 5.57. The maximum absolute atomic E-state index is 12.3. The summed E-state index contributed by atoms with van der Waals surface area (Å²) in [5.41, 5.74) is 7.32. The van der Waals surface area contributed by atoms with Crippen LogP contribution in [0.1, 0.15) is 59.8 Å². The van der Waals surface area contributed by atoms with Crippen LogP contribution in [0.4, 0.5) is 0 Å². The van der Waals surface area contributed by atoms with Crippen LogP contribution in [-0.4, -0.2) is 10.9 Å². The number of hydrogen-bond donors (Lipinski definition) is 2. The van der Waals surface area contributed by atoms with Gasteiger partial charge in [-0.2, -0.15) is 0 Å². The zero-order valence-corrected chi connectivity index (χ0v) is 12.6. The van der Waals surface area contributed by atoms with E-state index in [1.165, 1.54) is 5.56 Å². The Balaban J connectivity index is 2.39. The van der Waals surface area contributed by atoms with Crippen LogP contribution in [0.15, 0.2) is 18.2 Å². The lowest BCUT2D eigenvalue weighted by Crippen LogP contribution is -2.32. The zero-order chi connectivity index (χ0) is 15.0. The quantitative estimate of drug-likeness (QED) is 0.506. The Bertz CT molecular complexity index is 707. The minimum atomic E-state index is -0.207. The number of aromatic nitrogens is 1. The highest BCUT2D eigenvalue weighted by atomic mass is 16.2. The Kier molecular flexibility index (Phi) is 3.64. The van der Waals surface area contributed by atoms with Gasteiger partial charge in [-0.25, -0.2) is 5.84 Å². The molecule has 4 heteroatoms. The fourth-order valence-electron chi connectivity index (χ4n) is 3.26. The van der Waals surface area contributed by atoms with Gasteiger partial charge in [-0.1, -0.05) is 32.0 Å². The molecule has 0 atom stereocenters. The zero-order valence-electron chi connectivity index (χ0n) is 12.6. The van der Waals surface area contributed by atoms with E-state index in [-0.39, 0.29) is 5.91 Å². The Morgan fingerprint density at radius 1 is 1.29 bits per heavy atom. The number of carbonyl (C=O) groups excluding carboxylic acids is 1. The highest BCUT2D eigenvalue weighted by molar-refractivity contribution is 6.08. The van der Waals surface area contributed by atoms with E-state index in [9.17, 15) is 4.79 Å². The number of carbonyl (C=O) groups is 1. The Hall–Kier alpha value is -1.94. The second-order valence-corrected chi connectivity index (χ2v) is 5.99. The van der Waals surface area contributed by atoms with Crippen molar-refractivity contribution in [3.63, 3.8) is 0 Å². The summed E-state index contributed by atoms with van der Waals surface area (Å²) in [6.07, 6.45) is 4.10. The highest BCUT2D eigenvalue weighted by Gasteiger charge is 2.23. The van der Waals surface area contributed by atoms with Crippen LogP contribution in [0, 0.1) is 0 Å². The monoisotopic (exact) mass is 283 g/mol. The molecule has 3 rings (SSSR count). The van der Waals surface area contributed by atoms with Crippen molar-refractivity contribution in [2.24, 2.45) is 5.84 Å². The standard InChI is InChI=1S/C17H21N3O/c1-10(2)11-7-5-8-13-15(17(21)20-18)12-6-3-4-9-14(12)19-16(11)13/h5,7-8,10H,3-4,6,9,18H2,1-2H3,(H,20,21). The third-order valence-electron chi connectivity index (χ3n) is 4.30. The SMILES string of the molecule is CC(C)c1cccc2c(C(=O)NN)c3c(nc12)CCCC3. The molecule has 0 spiro atoms. The first-order valence-electron chi connectivity index (χ1n) is 7.58. The van der Waals surface area contributed by atoms with Crippen molar-refractivity contribution < 1.29 is 4.79 Å². The predicted octanol–water partition coefficient (Wildman–Crippen LogP) is 2.84. The molecular weight excluding hydrogens is 262 g/mol. The molecule has 21 heavy (non-hydrogen) atoms. The van der Waals surface area contributed by atoms with Gasteiger partial charge in [0.05, 0.1) is 11.1 Å². The first kappa shape index (κ1) is 14.0. The van der Waals surface area contributed by atoms with Gasteiger partial charge in [-0.15, -0.1) is 0 Å². The van der Waals surface area contributed by atoms with Gasteiger partial charge in [0.2, 0.25) is 0 Å². The summed E-state index contributed by atoms with van der Waals surface area (Å²) >= 11 is 0. The lowest BCUT2D eigenvalue weighted by molar-refractivity contribution is 0.0954. The van der Waals surface area contributed by atoms with Gasteiger partial charge >= 0.3 is 0 Å². The highest BCUT2D eigenvalue weighted by Crippen LogP contribution is 2.32. The fraction of sp³-hybridized carbons (Fsp3) is 0.412. The van der Waals surface area contributed by atoms with Crippen molar-refractivity contribution in [2.45, 2.75) is 45.4 Å². The average molecular weight is 283 g/mol. The number of nitrogens with one attached hydrogen (secondary N) is 1. The molecule has 0 unspecified atom stereocenters. The van der Waals surface area contributed by atoms with Crippen molar-refractivity contribution in [1.29, 1.82) is 0 Å². The molecule has 0 radical (unpaired) electrons. The van der Waals surface area contributed by atoms with Crippen LogP contribution in [0.3, 0.4) is 0 Å². The van der Waals surface area contributed by atoms with Crippen LogP contribution in [0.2, 0.25) is 0 Å². The van der Waals surface area contributed by atoms with E-state index in [4.69, 9.17) is 10.8 Å². The third-order valence-corrected chi connectivity index (χ3v) is 4.30. The van der Waals surface area contributed by atoms with Crippen LogP contribution >= 0.6 is 0 Å². The van der Waals surface area contributed by atoms with E-state index in [0.29, 0.717) is 5.92 Å². The first-order chi connectivity index (χ1) is 10.1. The number of nitrogen functional groups attached to an aromatic ring is 1. The van der Waals surface area contributed by atoms with Crippen molar-refractivity contribution in [3.05, 3.63) is 40.6 Å². The average Bonchev–Trinajstić information content (AvgIpc) is 2.51. The maximum atomic E-state index is 12.3. The molecule has 1 heterocycles. The number of hydrogen-bond acceptors (Lipinski definition) is 3. The minimum absolute atomic E-state index is 0.207. The molecule has 1 aromatic heterocycles. The number of para-hydroxylation sites is 1. The minimum Gasteiger partial charge on any atom is -0.290 e. The van der Waals surface area contributed by atoms with E-state index in [2.05, 4.69) is 25.3 Å². The molecule has 4 nitrogen and oxygen atoms in total. The Labute approximate surface area is 124 Å². The van der Waals surface area contributed by atoms with Crippen molar-refractivity contribution >= 4 is 16.8 Å². The van der Waals surface area contributed by atoms with Crippen molar-refractivity contribution in [1.82, 2.24) is 10.4 Å². The number of nitrogens with zero attached hydrogens (tertiary/aromatic N) is 1. The molecule has 1 amide bonds. The van der Waals surface area contributed by atoms with Gasteiger partial charge in [0.15, 0.2) is 0 Å². The summed E-state index contributed by atoms with van der Waals surface area (Å²) in [6.45, 7) is 4.30. The van der Waals surface area contributed by atoms with E-state index in [1.807, 2.05) is 12.1 Å². The normalized spacial score (nSPS) is 14.3. The van der Waals surface area contributed by atoms with E-state index in [1.54, 1.807) is 0 Å². The molecule has 1 aromatic carbocycles. The molecule has 0 saturated carbocycles. The van der Waals surface area contributed by atoms with E-state index < -0.39 is 0 Å². The number of benzene rings is 1. The third kappa shape index (κ3) is 2.29. The van der Waals surface area contributed by atoms with Crippen LogP contribution < -0.4 is 11.3 Å². The second-order valence-electron chi connectivity index (χ2n) is 5.99. The number of fused-ring (bicyclic) bond motifs is 2. The summed E-state index contributed by atoms with van der Waals surface area (Å²) in [5, 5.41) is 0.921. The number of amides is 1. The van der Waals surface area contributed by atoms with Crippen LogP contribution in [0.25, 0.3) is 10.9 Å². The Morgan fingerprint density at radius 2 is 2.05 bits per heavy atom. The topological polar surface area (TPSA) is 68.0 Å². The molecule has 0 saturated heterocycles. The lowest BCUT2D eigenvalue weighted by Gasteiger charge is -2.21. The number of pyridine rings is 1. The molecule has 3 N–H and O–H groups in total. The van der Waals surface area contributed by atoms with Crippen LogP contribution in [-0.2, 0) is 12.8 Å². The van der Waals surface area contributed by atoms with E-state index >= 15 is 0 Å². The van der Waals surface area contributed by atoms with Gasteiger partial charge in [0.25, 0.3) is 5.91 Å². The van der Waals surface area contributed by atoms with E-state index in [0.717, 1.165) is 53.4 Å². The first-order valence-corrected chi connectivity index (χ1v) is 7.58. The smallest absolute Gasteiger partial charge is 0.266 e. The molecular formula is C17H21N3O. The largest absolute Gasteiger partial charge is 0.290 e. The number of rotatable bonds is 2. The van der Waals surface area contributed by atoms with Gasteiger partial charge in [0, 0.05) is 11.1 Å². The molecule has 2 aromatic rings. The predicted molar refractivity (Wildman–Crippen MR) is 84.1 cm³/mol. The number of hydrazine groups is 1. The van der Waals surface area contributed by atoms with Crippen molar-refractivity contribution in [3.8, 4) is 0 Å². The molecule has 0 aliphatic heterocycles. The van der Waals surface area contributed by atoms with Crippen molar-refractivity contribution in [2.75, 3.05) is 0 Å². The van der Waals surface area contributed by atoms with Gasteiger partial charge in [-0.3, -0.25) is 15.2 Å². The van der Waals surface area contributed by atoms with Gasteiger partial charge in [0.1, 0.15) is 0 Å². The summed E-state index contributed by atoms with van der Waals surface area (Å²) in [7, 11) is 0. The molecule has 1 aliphatic carbocycles. The maximum Gasteiger partial charge on any atom is 0.266 e. The molecule has 110 valence electrons. The summed E-state index contributed by atoms with van der Waals surface area (Å²) in [4.78, 5) is 17.2. The van der Waals surface area contributed by atoms with Crippen LogP contribution in [0.5, 0.6) is 0 Å². The molecule has 1 aliphatic rings. The summed E-state index contributed by atoms with van der Waals surface area (Å²) < 4.78 is 0. The van der Waals surface area contributed by atoms with Gasteiger partial charge in [-0.05, 0) is 42.7 Å². The summed E-state index contributed by atoms with van der Waals surface area (Å²) in [6, 6.07) is 6.08.